The van der Waals surface area contributed by atoms with Crippen LogP contribution in [0.15, 0.2) is 53.1 Å². The van der Waals surface area contributed by atoms with Gasteiger partial charge in [0.2, 0.25) is 11.8 Å². The molecule has 1 aromatic carbocycles. The summed E-state index contributed by atoms with van der Waals surface area (Å²) < 4.78 is 5.83. The highest BCUT2D eigenvalue weighted by Gasteiger charge is 2.34. The molecule has 0 saturated carbocycles. The molecule has 1 aliphatic rings. The van der Waals surface area contributed by atoms with Gasteiger partial charge in [-0.2, -0.15) is 0 Å². The van der Waals surface area contributed by atoms with Crippen molar-refractivity contribution >= 4 is 22.8 Å². The molecule has 4 rings (SSSR count). The van der Waals surface area contributed by atoms with Crippen LogP contribution in [0.1, 0.15) is 23.4 Å². The van der Waals surface area contributed by atoms with E-state index < -0.39 is 0 Å². The van der Waals surface area contributed by atoms with Crippen LogP contribution in [-0.2, 0) is 22.7 Å². The third-order valence-electron chi connectivity index (χ3n) is 5.03. The number of rotatable bonds is 5. The molecule has 3 aromatic rings. The number of para-hydroxylation sites is 1. The molecule has 0 unspecified atom stereocenters. The molecule has 6 nitrogen and oxygen atoms in total. The number of hydrogen-bond acceptors (Lipinski definition) is 4. The lowest BCUT2D eigenvalue weighted by atomic mass is 10.1. The second-order valence-corrected chi connectivity index (χ2v) is 6.86. The van der Waals surface area contributed by atoms with Gasteiger partial charge in [-0.15, -0.1) is 0 Å². The van der Waals surface area contributed by atoms with Crippen LogP contribution in [0, 0.1) is 12.8 Å². The van der Waals surface area contributed by atoms with Gasteiger partial charge in [-0.3, -0.25) is 14.6 Å². The number of hydrogen-bond donors (Lipinski definition) is 1. The second-order valence-electron chi connectivity index (χ2n) is 6.86. The Labute approximate surface area is 157 Å². The Morgan fingerprint density at radius 2 is 2.07 bits per heavy atom. The molecule has 0 bridgehead atoms. The molecular weight excluding hydrogens is 342 g/mol. The monoisotopic (exact) mass is 363 g/mol. The minimum atomic E-state index is -0.342. The first kappa shape index (κ1) is 17.3. The molecule has 3 heterocycles. The highest BCUT2D eigenvalue weighted by Crippen LogP contribution is 2.25. The predicted molar refractivity (Wildman–Crippen MR) is 101 cm³/mol. The van der Waals surface area contributed by atoms with E-state index in [4.69, 9.17) is 4.42 Å². The summed E-state index contributed by atoms with van der Waals surface area (Å²) in [5.41, 5.74) is 2.67. The molecule has 1 fully saturated rings. The van der Waals surface area contributed by atoms with E-state index in [2.05, 4.69) is 10.3 Å². The van der Waals surface area contributed by atoms with Crippen LogP contribution < -0.4 is 5.32 Å². The van der Waals surface area contributed by atoms with Crippen LogP contribution in [0.2, 0.25) is 0 Å². The third-order valence-corrected chi connectivity index (χ3v) is 5.03. The summed E-state index contributed by atoms with van der Waals surface area (Å²) in [7, 11) is 0. The van der Waals surface area contributed by atoms with Crippen molar-refractivity contribution in [2.75, 3.05) is 6.54 Å². The maximum absolute atomic E-state index is 12.5. The Kier molecular flexibility index (Phi) is 4.62. The number of nitrogens with one attached hydrogen (secondary N) is 1. The van der Waals surface area contributed by atoms with Crippen LogP contribution in [0.3, 0.4) is 0 Å². The fourth-order valence-corrected chi connectivity index (χ4v) is 3.49. The van der Waals surface area contributed by atoms with Crippen molar-refractivity contribution < 1.29 is 14.0 Å². The fraction of sp³-hybridized carbons (Fsp3) is 0.286. The fourth-order valence-electron chi connectivity index (χ4n) is 3.49. The summed E-state index contributed by atoms with van der Waals surface area (Å²) in [6.07, 6.45) is 1.94. The molecule has 27 heavy (non-hydrogen) atoms. The zero-order chi connectivity index (χ0) is 18.8. The molecule has 0 spiro atoms. The third kappa shape index (κ3) is 3.56. The summed E-state index contributed by atoms with van der Waals surface area (Å²) >= 11 is 0. The predicted octanol–water partition coefficient (Wildman–Crippen LogP) is 2.80. The van der Waals surface area contributed by atoms with Gasteiger partial charge in [-0.25, -0.2) is 0 Å². The molecular formula is C21H21N3O3. The average Bonchev–Trinajstić information content (AvgIpc) is 3.21. The number of carbonyl (C=O) groups is 2. The average molecular weight is 363 g/mol. The highest BCUT2D eigenvalue weighted by atomic mass is 16.3. The summed E-state index contributed by atoms with van der Waals surface area (Å²) in [4.78, 5) is 30.7. The molecule has 1 atom stereocenters. The first-order chi connectivity index (χ1) is 13.1. The van der Waals surface area contributed by atoms with Gasteiger partial charge in [0.25, 0.3) is 0 Å². The summed E-state index contributed by atoms with van der Waals surface area (Å²) in [5, 5.41) is 3.98. The lowest BCUT2D eigenvalue weighted by molar-refractivity contribution is -0.129. The van der Waals surface area contributed by atoms with Crippen LogP contribution in [0.25, 0.3) is 11.0 Å². The van der Waals surface area contributed by atoms with Crippen LogP contribution in [0.4, 0.5) is 0 Å². The van der Waals surface area contributed by atoms with Gasteiger partial charge in [-0.1, -0.05) is 24.3 Å². The standard InChI is InChI=1S/C21H21N3O3/c1-14-17-7-2-3-8-18(17)27-19(14)11-23-21(26)15-10-20(25)24(12-15)13-16-6-4-5-9-22-16/h2-9,15H,10-13H2,1H3,(H,23,26)/t15-/m1/s1. The lowest BCUT2D eigenvalue weighted by Gasteiger charge is -2.16. The number of carbonyl (C=O) groups excluding carboxylic acids is 2. The van der Waals surface area contributed by atoms with Crippen molar-refractivity contribution in [2.45, 2.75) is 26.4 Å². The minimum Gasteiger partial charge on any atom is -0.459 e. The van der Waals surface area contributed by atoms with E-state index in [1.165, 1.54) is 0 Å². The van der Waals surface area contributed by atoms with Crippen molar-refractivity contribution in [3.63, 3.8) is 0 Å². The molecule has 138 valence electrons. The van der Waals surface area contributed by atoms with E-state index in [1.807, 2.05) is 49.4 Å². The van der Waals surface area contributed by atoms with Crippen molar-refractivity contribution in [2.24, 2.45) is 5.92 Å². The maximum atomic E-state index is 12.5. The molecule has 0 aliphatic carbocycles. The molecule has 2 aromatic heterocycles. The maximum Gasteiger partial charge on any atom is 0.225 e. The number of pyridine rings is 1. The Balaban J connectivity index is 1.37. The molecule has 2 amide bonds. The SMILES string of the molecule is Cc1c(CNC(=O)[C@@H]2CC(=O)N(Cc3ccccn3)C2)oc2ccccc12. The smallest absolute Gasteiger partial charge is 0.225 e. The summed E-state index contributed by atoms with van der Waals surface area (Å²) in [6.45, 7) is 3.16. The highest BCUT2D eigenvalue weighted by molar-refractivity contribution is 5.89. The van der Waals surface area contributed by atoms with E-state index in [9.17, 15) is 9.59 Å². The van der Waals surface area contributed by atoms with Gasteiger partial charge in [-0.05, 0) is 25.1 Å². The Hall–Kier alpha value is -3.15. The number of fused-ring (bicyclic) bond motifs is 1. The zero-order valence-electron chi connectivity index (χ0n) is 15.1. The number of nitrogens with zero attached hydrogens (tertiary/aromatic N) is 2. The first-order valence-corrected chi connectivity index (χ1v) is 9.04. The number of likely N-dealkylation sites (tertiary alicyclic amines) is 1. The number of benzene rings is 1. The van der Waals surface area contributed by atoms with E-state index in [1.54, 1.807) is 11.1 Å². The quantitative estimate of drug-likeness (QED) is 0.756. The van der Waals surface area contributed by atoms with Gasteiger partial charge in [0.05, 0.1) is 24.7 Å². The zero-order valence-corrected chi connectivity index (χ0v) is 15.1. The molecule has 1 saturated heterocycles. The summed E-state index contributed by atoms with van der Waals surface area (Å²) in [6, 6.07) is 13.4. The Morgan fingerprint density at radius 3 is 2.85 bits per heavy atom. The lowest BCUT2D eigenvalue weighted by Crippen LogP contribution is -2.32. The van der Waals surface area contributed by atoms with E-state index in [0.717, 1.165) is 28.0 Å². The van der Waals surface area contributed by atoms with Crippen molar-refractivity contribution in [3.8, 4) is 0 Å². The molecule has 1 aliphatic heterocycles. The number of furan rings is 1. The topological polar surface area (TPSA) is 75.4 Å². The van der Waals surface area contributed by atoms with Crippen molar-refractivity contribution in [1.29, 1.82) is 0 Å². The van der Waals surface area contributed by atoms with Gasteiger partial charge < -0.3 is 14.6 Å². The van der Waals surface area contributed by atoms with Crippen LogP contribution in [-0.4, -0.2) is 28.2 Å². The minimum absolute atomic E-state index is 0.0132. The van der Waals surface area contributed by atoms with Crippen LogP contribution in [0.5, 0.6) is 0 Å². The second kappa shape index (κ2) is 7.23. The normalized spacial score (nSPS) is 16.9. The van der Waals surface area contributed by atoms with Gasteiger partial charge in [0.15, 0.2) is 0 Å². The Morgan fingerprint density at radius 1 is 1.26 bits per heavy atom. The van der Waals surface area contributed by atoms with E-state index in [-0.39, 0.29) is 24.2 Å². The molecule has 0 radical (unpaired) electrons. The summed E-state index contributed by atoms with van der Waals surface area (Å²) in [5.74, 6) is 0.276. The number of aromatic nitrogens is 1. The van der Waals surface area contributed by atoms with Crippen LogP contribution >= 0.6 is 0 Å². The van der Waals surface area contributed by atoms with Gasteiger partial charge in [0.1, 0.15) is 11.3 Å². The van der Waals surface area contributed by atoms with E-state index >= 15 is 0 Å². The van der Waals surface area contributed by atoms with Crippen molar-refractivity contribution in [1.82, 2.24) is 15.2 Å². The molecule has 6 heteroatoms. The first-order valence-electron chi connectivity index (χ1n) is 9.04. The van der Waals surface area contributed by atoms with Gasteiger partial charge in [0, 0.05) is 30.1 Å². The van der Waals surface area contributed by atoms with E-state index in [0.29, 0.717) is 19.6 Å². The number of aryl methyl sites for hydroxylation is 1. The molecule has 1 N–H and O–H groups in total. The van der Waals surface area contributed by atoms with Crippen molar-refractivity contribution in [3.05, 3.63) is 65.7 Å². The number of amides is 2. The van der Waals surface area contributed by atoms with Gasteiger partial charge >= 0.3 is 0 Å². The Bertz CT molecular complexity index is 981. The largest absolute Gasteiger partial charge is 0.459 e.